The molecule has 80 valence electrons. The zero-order valence-electron chi connectivity index (χ0n) is 8.64. The van der Waals surface area contributed by atoms with E-state index in [4.69, 9.17) is 0 Å². The average Bonchev–Trinajstić information content (AvgIpc) is 2.34. The van der Waals surface area contributed by atoms with E-state index >= 15 is 0 Å². The van der Waals surface area contributed by atoms with Crippen LogP contribution in [0.15, 0.2) is 59.1 Å². The Kier molecular flexibility index (Phi) is 3.52. The molecule has 1 atom stereocenters. The Morgan fingerprint density at radius 1 is 0.875 bits per heavy atom. The van der Waals surface area contributed by atoms with E-state index in [1.54, 1.807) is 0 Å². The first-order chi connectivity index (χ1) is 7.81. The maximum absolute atomic E-state index is 11.2. The van der Waals surface area contributed by atoms with Crippen LogP contribution < -0.4 is 0 Å². The van der Waals surface area contributed by atoms with Crippen molar-refractivity contribution in [3.05, 3.63) is 70.2 Å². The van der Waals surface area contributed by atoms with Crippen molar-refractivity contribution < 1.29 is 4.79 Å². The van der Waals surface area contributed by atoms with Crippen molar-refractivity contribution in [2.24, 2.45) is 0 Å². The molecule has 2 aromatic carbocycles. The molecule has 16 heavy (non-hydrogen) atoms. The number of hydrogen-bond acceptors (Lipinski definition) is 1. The molecule has 0 amide bonds. The molecule has 0 heterocycles. The highest BCUT2D eigenvalue weighted by Crippen LogP contribution is 2.23. The molecule has 2 heteroatoms. The molecule has 0 N–H and O–H groups in total. The van der Waals surface area contributed by atoms with Crippen molar-refractivity contribution >= 4 is 22.2 Å². The molecule has 0 fully saturated rings. The van der Waals surface area contributed by atoms with Gasteiger partial charge in [0.25, 0.3) is 0 Å². The van der Waals surface area contributed by atoms with Crippen molar-refractivity contribution in [1.29, 1.82) is 0 Å². The van der Waals surface area contributed by atoms with Gasteiger partial charge in [-0.15, -0.1) is 0 Å². The minimum absolute atomic E-state index is 0.172. The number of hydrogen-bond donors (Lipinski definition) is 0. The summed E-state index contributed by atoms with van der Waals surface area (Å²) in [6.45, 7) is 0. The van der Waals surface area contributed by atoms with Gasteiger partial charge in [0.05, 0.1) is 5.92 Å². The maximum Gasteiger partial charge on any atom is 0.131 e. The molecule has 1 nitrogen and oxygen atoms in total. The molecule has 0 radical (unpaired) electrons. The highest BCUT2D eigenvalue weighted by molar-refractivity contribution is 9.10. The second-order valence-corrected chi connectivity index (χ2v) is 4.49. The molecule has 0 aliphatic heterocycles. The zero-order valence-corrected chi connectivity index (χ0v) is 10.2. The SMILES string of the molecule is O=CC(c1ccccc1)c1ccc(Br)cc1. The molecule has 0 aromatic heterocycles. The van der Waals surface area contributed by atoms with Gasteiger partial charge < -0.3 is 4.79 Å². The summed E-state index contributed by atoms with van der Waals surface area (Å²) in [4.78, 5) is 11.2. The van der Waals surface area contributed by atoms with Crippen molar-refractivity contribution in [2.75, 3.05) is 0 Å². The van der Waals surface area contributed by atoms with Gasteiger partial charge in [-0.2, -0.15) is 0 Å². The number of carbonyl (C=O) groups is 1. The van der Waals surface area contributed by atoms with E-state index in [1.165, 1.54) is 0 Å². The first-order valence-corrected chi connectivity index (χ1v) is 5.86. The first-order valence-electron chi connectivity index (χ1n) is 5.07. The summed E-state index contributed by atoms with van der Waals surface area (Å²) in [5.41, 5.74) is 2.05. The highest BCUT2D eigenvalue weighted by Gasteiger charge is 2.11. The third-order valence-electron chi connectivity index (χ3n) is 2.52. The van der Waals surface area contributed by atoms with Crippen LogP contribution in [0.4, 0.5) is 0 Å². The van der Waals surface area contributed by atoms with E-state index < -0.39 is 0 Å². The van der Waals surface area contributed by atoms with E-state index in [1.807, 2.05) is 54.6 Å². The van der Waals surface area contributed by atoms with Gasteiger partial charge in [-0.1, -0.05) is 58.4 Å². The molecule has 0 spiro atoms. The Morgan fingerprint density at radius 3 is 2.00 bits per heavy atom. The lowest BCUT2D eigenvalue weighted by atomic mass is 9.93. The lowest BCUT2D eigenvalue weighted by Gasteiger charge is -2.10. The topological polar surface area (TPSA) is 17.1 Å². The number of halogens is 1. The third-order valence-corrected chi connectivity index (χ3v) is 3.05. The van der Waals surface area contributed by atoms with Crippen molar-refractivity contribution in [3.8, 4) is 0 Å². The maximum atomic E-state index is 11.2. The summed E-state index contributed by atoms with van der Waals surface area (Å²) in [7, 11) is 0. The van der Waals surface area contributed by atoms with Crippen LogP contribution in [-0.4, -0.2) is 6.29 Å². The van der Waals surface area contributed by atoms with E-state index in [0.717, 1.165) is 21.9 Å². The second kappa shape index (κ2) is 5.08. The van der Waals surface area contributed by atoms with Crippen LogP contribution in [0.25, 0.3) is 0 Å². The average molecular weight is 275 g/mol. The molecule has 0 saturated heterocycles. The Bertz CT molecular complexity index is 462. The van der Waals surface area contributed by atoms with Crippen LogP contribution in [0.2, 0.25) is 0 Å². The fraction of sp³-hybridized carbons (Fsp3) is 0.0714. The quantitative estimate of drug-likeness (QED) is 0.779. The monoisotopic (exact) mass is 274 g/mol. The van der Waals surface area contributed by atoms with Crippen molar-refractivity contribution in [2.45, 2.75) is 5.92 Å². The standard InChI is InChI=1S/C14H11BrO/c15-13-8-6-12(7-9-13)14(10-16)11-4-2-1-3-5-11/h1-10,14H. The number of rotatable bonds is 3. The van der Waals surface area contributed by atoms with Gasteiger partial charge in [-0.3, -0.25) is 0 Å². The van der Waals surface area contributed by atoms with Gasteiger partial charge in [0.1, 0.15) is 6.29 Å². The number of aldehydes is 1. The lowest BCUT2D eigenvalue weighted by Crippen LogP contribution is -2.01. The first kappa shape index (κ1) is 11.1. The fourth-order valence-corrected chi connectivity index (χ4v) is 1.94. The summed E-state index contributed by atoms with van der Waals surface area (Å²) in [5.74, 6) is -0.172. The van der Waals surface area contributed by atoms with E-state index in [0.29, 0.717) is 0 Å². The highest BCUT2D eigenvalue weighted by atomic mass is 79.9. The Balaban J connectivity index is 2.37. The zero-order chi connectivity index (χ0) is 11.4. The van der Waals surface area contributed by atoms with Gasteiger partial charge in [0.2, 0.25) is 0 Å². The number of benzene rings is 2. The normalized spacial score (nSPS) is 12.1. The second-order valence-electron chi connectivity index (χ2n) is 3.58. The van der Waals surface area contributed by atoms with Crippen LogP contribution in [0, 0.1) is 0 Å². The van der Waals surface area contributed by atoms with Crippen LogP contribution in [-0.2, 0) is 4.79 Å². The molecular formula is C14H11BrO. The van der Waals surface area contributed by atoms with Crippen LogP contribution in [0.3, 0.4) is 0 Å². The van der Waals surface area contributed by atoms with Gasteiger partial charge >= 0.3 is 0 Å². The van der Waals surface area contributed by atoms with Gasteiger partial charge in [0, 0.05) is 4.47 Å². The molecule has 2 aromatic rings. The smallest absolute Gasteiger partial charge is 0.131 e. The Labute approximate surface area is 103 Å². The van der Waals surface area contributed by atoms with Crippen LogP contribution in [0.1, 0.15) is 17.0 Å². The van der Waals surface area contributed by atoms with E-state index in [2.05, 4.69) is 15.9 Å². The van der Waals surface area contributed by atoms with Crippen molar-refractivity contribution in [1.82, 2.24) is 0 Å². The molecule has 0 aliphatic rings. The largest absolute Gasteiger partial charge is 0.302 e. The van der Waals surface area contributed by atoms with Crippen LogP contribution >= 0.6 is 15.9 Å². The summed E-state index contributed by atoms with van der Waals surface area (Å²) >= 11 is 3.38. The fourth-order valence-electron chi connectivity index (χ4n) is 1.68. The van der Waals surface area contributed by atoms with Gasteiger partial charge in [0.15, 0.2) is 0 Å². The Morgan fingerprint density at radius 2 is 1.44 bits per heavy atom. The van der Waals surface area contributed by atoms with E-state index in [9.17, 15) is 4.79 Å². The third kappa shape index (κ3) is 2.39. The molecular weight excluding hydrogens is 264 g/mol. The number of carbonyl (C=O) groups excluding carboxylic acids is 1. The Hall–Kier alpha value is -1.41. The minimum atomic E-state index is -0.172. The van der Waals surface area contributed by atoms with Crippen molar-refractivity contribution in [3.63, 3.8) is 0 Å². The predicted octanol–water partition coefficient (Wildman–Crippen LogP) is 3.78. The van der Waals surface area contributed by atoms with Gasteiger partial charge in [-0.25, -0.2) is 0 Å². The lowest BCUT2D eigenvalue weighted by molar-refractivity contribution is -0.108. The summed E-state index contributed by atoms with van der Waals surface area (Å²) < 4.78 is 1.02. The molecule has 1 unspecified atom stereocenters. The molecule has 0 bridgehead atoms. The summed E-state index contributed by atoms with van der Waals surface area (Å²) in [5, 5.41) is 0. The van der Waals surface area contributed by atoms with E-state index in [-0.39, 0.29) is 5.92 Å². The molecule has 0 saturated carbocycles. The summed E-state index contributed by atoms with van der Waals surface area (Å²) in [6.07, 6.45) is 0.985. The van der Waals surface area contributed by atoms with Crippen LogP contribution in [0.5, 0.6) is 0 Å². The summed E-state index contributed by atoms with van der Waals surface area (Å²) in [6, 6.07) is 17.6. The minimum Gasteiger partial charge on any atom is -0.302 e. The van der Waals surface area contributed by atoms with Gasteiger partial charge in [-0.05, 0) is 23.3 Å². The molecule has 0 aliphatic carbocycles. The molecule has 2 rings (SSSR count). The predicted molar refractivity (Wildman–Crippen MR) is 68.5 cm³/mol.